The van der Waals surface area contributed by atoms with Crippen molar-refractivity contribution in [1.82, 2.24) is 9.97 Å². The molecule has 1 aromatic carbocycles. The maximum atomic E-state index is 12.4. The molecule has 1 saturated carbocycles. The van der Waals surface area contributed by atoms with Crippen LogP contribution in [0.3, 0.4) is 0 Å². The van der Waals surface area contributed by atoms with E-state index in [9.17, 15) is 9.59 Å². The smallest absolute Gasteiger partial charge is 0.257 e. The summed E-state index contributed by atoms with van der Waals surface area (Å²) in [7, 11) is 0. The van der Waals surface area contributed by atoms with Gasteiger partial charge in [0, 0.05) is 34.9 Å². The van der Waals surface area contributed by atoms with Crippen LogP contribution >= 0.6 is 11.3 Å². The molecular formula is C19H16N4O2S. The van der Waals surface area contributed by atoms with Crippen molar-refractivity contribution in [3.8, 4) is 0 Å². The summed E-state index contributed by atoms with van der Waals surface area (Å²) in [5, 5.41) is 8.19. The van der Waals surface area contributed by atoms with E-state index in [2.05, 4.69) is 20.6 Å². The number of thiazole rings is 1. The van der Waals surface area contributed by atoms with E-state index in [4.69, 9.17) is 0 Å². The third-order valence-corrected chi connectivity index (χ3v) is 4.82. The second-order valence-electron chi connectivity index (χ2n) is 6.08. The molecule has 0 bridgehead atoms. The number of amides is 2. The van der Waals surface area contributed by atoms with E-state index >= 15 is 0 Å². The quantitative estimate of drug-likeness (QED) is 0.719. The molecule has 130 valence electrons. The zero-order valence-electron chi connectivity index (χ0n) is 13.8. The summed E-state index contributed by atoms with van der Waals surface area (Å²) in [4.78, 5) is 33.0. The highest BCUT2D eigenvalue weighted by Gasteiger charge is 2.26. The number of benzene rings is 1. The fourth-order valence-electron chi connectivity index (χ4n) is 2.52. The van der Waals surface area contributed by atoms with Gasteiger partial charge in [-0.05, 0) is 43.2 Å². The zero-order valence-corrected chi connectivity index (χ0v) is 14.6. The third-order valence-electron chi connectivity index (χ3n) is 4.04. The Morgan fingerprint density at radius 1 is 1.04 bits per heavy atom. The van der Waals surface area contributed by atoms with Crippen LogP contribution in [0.5, 0.6) is 0 Å². The van der Waals surface area contributed by atoms with E-state index < -0.39 is 0 Å². The Balaban J connectivity index is 1.44. The van der Waals surface area contributed by atoms with Gasteiger partial charge in [0.25, 0.3) is 11.8 Å². The van der Waals surface area contributed by atoms with Gasteiger partial charge in [0.05, 0.1) is 11.3 Å². The molecule has 0 unspecified atom stereocenters. The van der Waals surface area contributed by atoms with E-state index in [1.807, 2.05) is 5.38 Å². The van der Waals surface area contributed by atoms with Crippen molar-refractivity contribution in [2.24, 2.45) is 0 Å². The van der Waals surface area contributed by atoms with Crippen molar-refractivity contribution >= 4 is 34.0 Å². The van der Waals surface area contributed by atoms with Gasteiger partial charge in [-0.1, -0.05) is 6.07 Å². The lowest BCUT2D eigenvalue weighted by molar-refractivity contribution is 0.101. The standard InChI is InChI=1S/C19H16N4O2S/c24-17(23-19-22-16(11-26-19)12-6-7-12)13-3-1-5-15(9-13)21-18(25)14-4-2-8-20-10-14/h1-5,8-12H,6-7H2,(H,21,25)(H,22,23,24). The van der Waals surface area contributed by atoms with E-state index in [-0.39, 0.29) is 11.8 Å². The number of pyridine rings is 1. The number of nitrogens with one attached hydrogen (secondary N) is 2. The molecule has 1 fully saturated rings. The van der Waals surface area contributed by atoms with Gasteiger partial charge >= 0.3 is 0 Å². The van der Waals surface area contributed by atoms with Crippen LogP contribution in [0.4, 0.5) is 10.8 Å². The second kappa shape index (κ2) is 7.05. The highest BCUT2D eigenvalue weighted by molar-refractivity contribution is 7.14. The minimum Gasteiger partial charge on any atom is -0.322 e. The summed E-state index contributed by atoms with van der Waals surface area (Å²) < 4.78 is 0. The molecule has 2 aromatic heterocycles. The largest absolute Gasteiger partial charge is 0.322 e. The average molecular weight is 364 g/mol. The van der Waals surface area contributed by atoms with Crippen LogP contribution in [-0.2, 0) is 0 Å². The third kappa shape index (κ3) is 3.78. The molecule has 7 heteroatoms. The average Bonchev–Trinajstić information content (AvgIpc) is 3.42. The van der Waals surface area contributed by atoms with Gasteiger partial charge in [0.15, 0.2) is 5.13 Å². The molecule has 2 amide bonds. The second-order valence-corrected chi connectivity index (χ2v) is 6.94. The van der Waals surface area contributed by atoms with Crippen molar-refractivity contribution < 1.29 is 9.59 Å². The van der Waals surface area contributed by atoms with Gasteiger partial charge in [-0.2, -0.15) is 0 Å². The molecule has 0 spiro atoms. The van der Waals surface area contributed by atoms with Crippen LogP contribution in [0.2, 0.25) is 0 Å². The van der Waals surface area contributed by atoms with Crippen LogP contribution in [0.15, 0.2) is 54.2 Å². The molecule has 0 atom stereocenters. The van der Waals surface area contributed by atoms with Crippen LogP contribution in [-0.4, -0.2) is 21.8 Å². The van der Waals surface area contributed by atoms with Gasteiger partial charge in [-0.25, -0.2) is 4.98 Å². The molecule has 0 saturated heterocycles. The number of carbonyl (C=O) groups is 2. The lowest BCUT2D eigenvalue weighted by atomic mass is 10.2. The first-order valence-electron chi connectivity index (χ1n) is 8.27. The Bertz CT molecular complexity index is 951. The summed E-state index contributed by atoms with van der Waals surface area (Å²) in [5.41, 5.74) is 2.52. The Morgan fingerprint density at radius 2 is 1.85 bits per heavy atom. The molecule has 4 rings (SSSR count). The van der Waals surface area contributed by atoms with Crippen molar-refractivity contribution in [2.45, 2.75) is 18.8 Å². The molecule has 2 heterocycles. The lowest BCUT2D eigenvalue weighted by Crippen LogP contribution is -2.14. The van der Waals surface area contributed by atoms with Crippen LogP contribution in [0, 0.1) is 0 Å². The summed E-state index contributed by atoms with van der Waals surface area (Å²) in [6.07, 6.45) is 5.45. The number of rotatable bonds is 5. The first-order valence-corrected chi connectivity index (χ1v) is 9.15. The van der Waals surface area contributed by atoms with Gasteiger partial charge in [-0.3, -0.25) is 19.9 Å². The number of aromatic nitrogens is 2. The van der Waals surface area contributed by atoms with Gasteiger partial charge in [-0.15, -0.1) is 11.3 Å². The fourth-order valence-corrected chi connectivity index (χ4v) is 3.31. The monoisotopic (exact) mass is 364 g/mol. The molecular weight excluding hydrogens is 348 g/mol. The Hall–Kier alpha value is -3.06. The molecule has 0 radical (unpaired) electrons. The van der Waals surface area contributed by atoms with Crippen LogP contribution in [0.25, 0.3) is 0 Å². The van der Waals surface area contributed by atoms with Gasteiger partial charge in [0.1, 0.15) is 0 Å². The van der Waals surface area contributed by atoms with Gasteiger partial charge < -0.3 is 5.32 Å². The molecule has 3 aromatic rings. The van der Waals surface area contributed by atoms with Crippen LogP contribution < -0.4 is 10.6 Å². The SMILES string of the molecule is O=C(Nc1cccc(C(=O)Nc2nc(C3CC3)cs2)c1)c1cccnc1. The Kier molecular flexibility index (Phi) is 4.45. The summed E-state index contributed by atoms with van der Waals surface area (Å²) >= 11 is 1.43. The molecule has 26 heavy (non-hydrogen) atoms. The predicted molar refractivity (Wildman–Crippen MR) is 101 cm³/mol. The Morgan fingerprint density at radius 3 is 2.62 bits per heavy atom. The van der Waals surface area contributed by atoms with E-state index in [0.29, 0.717) is 27.9 Å². The van der Waals surface area contributed by atoms with E-state index in [1.54, 1.807) is 42.6 Å². The number of hydrogen-bond acceptors (Lipinski definition) is 5. The minimum absolute atomic E-state index is 0.251. The zero-order chi connectivity index (χ0) is 17.9. The number of anilines is 2. The molecule has 0 aliphatic heterocycles. The minimum atomic E-state index is -0.273. The molecule has 1 aliphatic carbocycles. The van der Waals surface area contributed by atoms with E-state index in [0.717, 1.165) is 5.69 Å². The highest BCUT2D eigenvalue weighted by atomic mass is 32.1. The molecule has 1 aliphatic rings. The van der Waals surface area contributed by atoms with Crippen molar-refractivity contribution in [3.63, 3.8) is 0 Å². The highest BCUT2D eigenvalue weighted by Crippen LogP contribution is 2.40. The number of carbonyl (C=O) groups excluding carboxylic acids is 2. The topological polar surface area (TPSA) is 84.0 Å². The summed E-state index contributed by atoms with van der Waals surface area (Å²) in [6.45, 7) is 0. The lowest BCUT2D eigenvalue weighted by Gasteiger charge is -2.07. The molecule has 2 N–H and O–H groups in total. The summed E-state index contributed by atoms with van der Waals surface area (Å²) in [6, 6.07) is 10.2. The molecule has 6 nitrogen and oxygen atoms in total. The van der Waals surface area contributed by atoms with Gasteiger partial charge in [0.2, 0.25) is 0 Å². The maximum Gasteiger partial charge on any atom is 0.257 e. The maximum absolute atomic E-state index is 12.4. The van der Waals surface area contributed by atoms with E-state index in [1.165, 1.54) is 30.4 Å². The number of hydrogen-bond donors (Lipinski definition) is 2. The van der Waals surface area contributed by atoms with Crippen molar-refractivity contribution in [3.05, 3.63) is 71.0 Å². The Labute approximate surface area is 154 Å². The fraction of sp³-hybridized carbons (Fsp3) is 0.158. The van der Waals surface area contributed by atoms with Crippen LogP contribution in [0.1, 0.15) is 45.2 Å². The normalized spacial score (nSPS) is 13.2. The first kappa shape index (κ1) is 16.4. The van der Waals surface area contributed by atoms with Crippen molar-refractivity contribution in [2.75, 3.05) is 10.6 Å². The summed E-state index contributed by atoms with van der Waals surface area (Å²) in [5.74, 6) is 0.0340. The predicted octanol–water partition coefficient (Wildman–Crippen LogP) is 3.92. The first-order chi connectivity index (χ1) is 12.7. The van der Waals surface area contributed by atoms with Crippen molar-refractivity contribution in [1.29, 1.82) is 0 Å². The number of nitrogens with zero attached hydrogens (tertiary/aromatic N) is 2.